The quantitative estimate of drug-likeness (QED) is 0.711. The maximum atomic E-state index is 11.1. The number of nitrogens with one attached hydrogen (secondary N) is 1. The van der Waals surface area contributed by atoms with Crippen molar-refractivity contribution in [3.63, 3.8) is 0 Å². The minimum Gasteiger partial charge on any atom is -0.313 e. The van der Waals surface area contributed by atoms with Crippen molar-refractivity contribution in [2.45, 2.75) is 6.92 Å². The van der Waals surface area contributed by atoms with Gasteiger partial charge in [-0.25, -0.2) is 4.98 Å². The van der Waals surface area contributed by atoms with Gasteiger partial charge in [-0.05, 0) is 13.0 Å². The minimum absolute atomic E-state index is 0.158. The highest BCUT2D eigenvalue weighted by Crippen LogP contribution is 2.14. The fourth-order valence-corrected chi connectivity index (χ4v) is 1.36. The van der Waals surface area contributed by atoms with Crippen molar-refractivity contribution in [3.8, 4) is 11.4 Å². The first-order chi connectivity index (χ1) is 6.66. The number of hydrogen-bond donors (Lipinski definition) is 1. The largest absolute Gasteiger partial charge is 0.313 e. The zero-order chi connectivity index (χ0) is 10.1. The van der Waals surface area contributed by atoms with Gasteiger partial charge >= 0.3 is 0 Å². The highest BCUT2D eigenvalue weighted by molar-refractivity contribution is 5.53. The fraction of sp³-hybridized carbons (Fsp3) is 0.222. The molecule has 0 aliphatic heterocycles. The van der Waals surface area contributed by atoms with Crippen LogP contribution in [0.4, 0.5) is 0 Å². The van der Waals surface area contributed by atoms with Gasteiger partial charge in [0.05, 0.1) is 23.4 Å². The van der Waals surface area contributed by atoms with Gasteiger partial charge in [-0.3, -0.25) is 9.48 Å². The van der Waals surface area contributed by atoms with E-state index in [0.29, 0.717) is 5.69 Å². The first-order valence-corrected chi connectivity index (χ1v) is 4.22. The van der Waals surface area contributed by atoms with Crippen molar-refractivity contribution in [1.82, 2.24) is 19.7 Å². The molecular formula is C9H10N4O. The summed E-state index contributed by atoms with van der Waals surface area (Å²) in [5, 5.41) is 4.18. The third-order valence-electron chi connectivity index (χ3n) is 1.94. The highest BCUT2D eigenvalue weighted by atomic mass is 16.1. The van der Waals surface area contributed by atoms with Crippen LogP contribution in [0.2, 0.25) is 0 Å². The molecule has 0 bridgehead atoms. The van der Waals surface area contributed by atoms with Crippen molar-refractivity contribution in [3.05, 3.63) is 34.5 Å². The number of H-pyrrole nitrogens is 1. The van der Waals surface area contributed by atoms with Crippen LogP contribution in [0.25, 0.3) is 11.4 Å². The summed E-state index contributed by atoms with van der Waals surface area (Å²) in [4.78, 5) is 17.6. The predicted molar refractivity (Wildman–Crippen MR) is 51.8 cm³/mol. The molecule has 0 aromatic carbocycles. The Labute approximate surface area is 80.4 Å². The molecule has 72 valence electrons. The highest BCUT2D eigenvalue weighted by Gasteiger charge is 2.05. The molecule has 14 heavy (non-hydrogen) atoms. The lowest BCUT2D eigenvalue weighted by Crippen LogP contribution is -2.06. The monoisotopic (exact) mass is 190 g/mol. The summed E-state index contributed by atoms with van der Waals surface area (Å²) in [6.45, 7) is 1.90. The van der Waals surface area contributed by atoms with Crippen molar-refractivity contribution in [2.24, 2.45) is 7.05 Å². The number of aryl methyl sites for hydroxylation is 2. The van der Waals surface area contributed by atoms with Crippen LogP contribution >= 0.6 is 0 Å². The summed E-state index contributed by atoms with van der Waals surface area (Å²) in [6.07, 6.45) is 1.39. The number of aromatic amines is 1. The van der Waals surface area contributed by atoms with Crippen LogP contribution in [0.3, 0.4) is 0 Å². The third kappa shape index (κ3) is 1.44. The number of hydrogen-bond acceptors (Lipinski definition) is 3. The topological polar surface area (TPSA) is 63.6 Å². The normalized spacial score (nSPS) is 10.4. The van der Waals surface area contributed by atoms with E-state index in [1.807, 2.05) is 20.0 Å². The molecule has 0 radical (unpaired) electrons. The van der Waals surface area contributed by atoms with E-state index < -0.39 is 0 Å². The van der Waals surface area contributed by atoms with Gasteiger partial charge in [-0.1, -0.05) is 0 Å². The van der Waals surface area contributed by atoms with Gasteiger partial charge in [-0.15, -0.1) is 0 Å². The fourth-order valence-electron chi connectivity index (χ4n) is 1.36. The van der Waals surface area contributed by atoms with E-state index in [1.54, 1.807) is 4.68 Å². The summed E-state index contributed by atoms with van der Waals surface area (Å²) in [6, 6.07) is 3.35. The van der Waals surface area contributed by atoms with E-state index in [2.05, 4.69) is 15.1 Å². The SMILES string of the molecule is Cc1cc(-c2cc(=O)[nH]cn2)n(C)n1. The molecule has 2 rings (SSSR count). The molecule has 0 amide bonds. The first-order valence-electron chi connectivity index (χ1n) is 4.22. The Bertz CT molecular complexity index is 512. The van der Waals surface area contributed by atoms with Crippen LogP contribution in [-0.4, -0.2) is 19.7 Å². The number of rotatable bonds is 1. The Morgan fingerprint density at radius 1 is 1.43 bits per heavy atom. The van der Waals surface area contributed by atoms with Crippen LogP contribution in [-0.2, 0) is 7.05 Å². The van der Waals surface area contributed by atoms with Gasteiger partial charge in [0.1, 0.15) is 0 Å². The molecule has 0 aliphatic carbocycles. The maximum Gasteiger partial charge on any atom is 0.251 e. The average Bonchev–Trinajstić information content (AvgIpc) is 2.45. The van der Waals surface area contributed by atoms with Crippen LogP contribution < -0.4 is 5.56 Å². The lowest BCUT2D eigenvalue weighted by atomic mass is 10.3. The van der Waals surface area contributed by atoms with Gasteiger partial charge in [0.25, 0.3) is 5.56 Å². The number of aromatic nitrogens is 4. The van der Waals surface area contributed by atoms with Crippen molar-refractivity contribution < 1.29 is 0 Å². The van der Waals surface area contributed by atoms with Gasteiger partial charge in [0.15, 0.2) is 0 Å². The predicted octanol–water partition coefficient (Wildman–Crippen LogP) is 0.479. The molecule has 5 nitrogen and oxygen atoms in total. The maximum absolute atomic E-state index is 11.1. The van der Waals surface area contributed by atoms with Crippen molar-refractivity contribution >= 4 is 0 Å². The third-order valence-corrected chi connectivity index (χ3v) is 1.94. The van der Waals surface area contributed by atoms with Gasteiger partial charge in [0, 0.05) is 13.1 Å². The van der Waals surface area contributed by atoms with Gasteiger partial charge in [0.2, 0.25) is 0 Å². The van der Waals surface area contributed by atoms with Crippen LogP contribution in [0.15, 0.2) is 23.3 Å². The van der Waals surface area contributed by atoms with E-state index >= 15 is 0 Å². The van der Waals surface area contributed by atoms with Crippen molar-refractivity contribution in [1.29, 1.82) is 0 Å². The Hall–Kier alpha value is -1.91. The Balaban J connectivity index is 2.59. The molecule has 0 saturated heterocycles. The van der Waals surface area contributed by atoms with Crippen LogP contribution in [0.1, 0.15) is 5.69 Å². The molecule has 0 fully saturated rings. The van der Waals surface area contributed by atoms with Crippen molar-refractivity contribution in [2.75, 3.05) is 0 Å². The molecule has 0 aliphatic rings. The van der Waals surface area contributed by atoms with E-state index in [0.717, 1.165) is 11.4 Å². The molecule has 0 spiro atoms. The summed E-state index contributed by atoms with van der Waals surface area (Å²) in [5.41, 5.74) is 2.23. The molecule has 2 aromatic rings. The second-order valence-electron chi connectivity index (χ2n) is 3.09. The van der Waals surface area contributed by atoms with E-state index in [1.165, 1.54) is 12.4 Å². The lowest BCUT2D eigenvalue weighted by Gasteiger charge is -1.98. The zero-order valence-corrected chi connectivity index (χ0v) is 7.98. The smallest absolute Gasteiger partial charge is 0.251 e. The molecule has 0 saturated carbocycles. The van der Waals surface area contributed by atoms with Crippen LogP contribution in [0.5, 0.6) is 0 Å². The summed E-state index contributed by atoms with van der Waals surface area (Å²) >= 11 is 0. The van der Waals surface area contributed by atoms with Gasteiger partial charge < -0.3 is 4.98 Å². The van der Waals surface area contributed by atoms with Crippen LogP contribution in [0, 0.1) is 6.92 Å². The summed E-state index contributed by atoms with van der Waals surface area (Å²) in [7, 11) is 1.82. The summed E-state index contributed by atoms with van der Waals surface area (Å²) < 4.78 is 1.71. The first kappa shape index (κ1) is 8.68. The molecule has 0 unspecified atom stereocenters. The second kappa shape index (κ2) is 3.10. The lowest BCUT2D eigenvalue weighted by molar-refractivity contribution is 0.761. The van der Waals surface area contributed by atoms with E-state index in [9.17, 15) is 4.79 Å². The average molecular weight is 190 g/mol. The molecule has 2 heterocycles. The summed E-state index contributed by atoms with van der Waals surface area (Å²) in [5.74, 6) is 0. The molecule has 1 N–H and O–H groups in total. The van der Waals surface area contributed by atoms with E-state index in [4.69, 9.17) is 0 Å². The second-order valence-corrected chi connectivity index (χ2v) is 3.09. The van der Waals surface area contributed by atoms with E-state index in [-0.39, 0.29) is 5.56 Å². The Kier molecular flexibility index (Phi) is 1.92. The molecular weight excluding hydrogens is 180 g/mol. The Morgan fingerprint density at radius 2 is 2.21 bits per heavy atom. The molecule has 5 heteroatoms. The Morgan fingerprint density at radius 3 is 2.79 bits per heavy atom. The minimum atomic E-state index is -0.158. The zero-order valence-electron chi connectivity index (χ0n) is 7.98. The molecule has 2 aromatic heterocycles. The van der Waals surface area contributed by atoms with Gasteiger partial charge in [-0.2, -0.15) is 5.10 Å². The standard InChI is InChI=1S/C9H10N4O/c1-6-3-8(13(2)12-6)7-4-9(14)11-5-10-7/h3-5H,1-2H3,(H,10,11,14). The molecule has 0 atom stereocenters. The number of nitrogens with zero attached hydrogens (tertiary/aromatic N) is 3.